The lowest BCUT2D eigenvalue weighted by Gasteiger charge is -2.35. The molecule has 0 spiro atoms. The third-order valence-corrected chi connectivity index (χ3v) is 4.57. The Morgan fingerprint density at radius 3 is 2.46 bits per heavy atom. The number of nitrogens with one attached hydrogen (secondary N) is 1. The zero-order valence-corrected chi connectivity index (χ0v) is 15.4. The summed E-state index contributed by atoms with van der Waals surface area (Å²) < 4.78 is 0. The van der Waals surface area contributed by atoms with Gasteiger partial charge in [0.1, 0.15) is 5.69 Å². The van der Waals surface area contributed by atoms with Gasteiger partial charge in [0, 0.05) is 51.3 Å². The Morgan fingerprint density at radius 2 is 1.88 bits per heavy atom. The van der Waals surface area contributed by atoms with Crippen molar-refractivity contribution in [2.45, 2.75) is 33.1 Å². The molecule has 8 heteroatoms. The van der Waals surface area contributed by atoms with E-state index in [1.807, 2.05) is 4.90 Å². The topological polar surface area (TPSA) is 95.8 Å². The van der Waals surface area contributed by atoms with Crippen molar-refractivity contribution in [2.75, 3.05) is 37.6 Å². The Bertz CT molecular complexity index is 669. The van der Waals surface area contributed by atoms with Gasteiger partial charge in [-0.15, -0.1) is 0 Å². The Morgan fingerprint density at radius 1 is 1.19 bits per heavy atom. The molecule has 26 heavy (non-hydrogen) atoms. The SMILES string of the molecule is CCCCCNC(=O)c1ccc(N2CCN(C(C)=O)CC2)c([N+](=O)[O-])c1. The molecule has 0 unspecified atom stereocenters. The maximum absolute atomic E-state index is 12.2. The van der Waals surface area contributed by atoms with Crippen molar-refractivity contribution in [3.05, 3.63) is 33.9 Å². The summed E-state index contributed by atoms with van der Waals surface area (Å²) in [6, 6.07) is 4.58. The average Bonchev–Trinajstić information content (AvgIpc) is 2.64. The van der Waals surface area contributed by atoms with Gasteiger partial charge in [0.2, 0.25) is 5.91 Å². The monoisotopic (exact) mass is 362 g/mol. The highest BCUT2D eigenvalue weighted by atomic mass is 16.6. The van der Waals surface area contributed by atoms with Gasteiger partial charge >= 0.3 is 0 Å². The van der Waals surface area contributed by atoms with Crippen molar-refractivity contribution in [3.8, 4) is 0 Å². The quantitative estimate of drug-likeness (QED) is 0.456. The Hall–Kier alpha value is -2.64. The van der Waals surface area contributed by atoms with E-state index in [2.05, 4.69) is 12.2 Å². The van der Waals surface area contributed by atoms with Crippen LogP contribution < -0.4 is 10.2 Å². The summed E-state index contributed by atoms with van der Waals surface area (Å²) in [7, 11) is 0. The van der Waals surface area contributed by atoms with E-state index in [-0.39, 0.29) is 17.5 Å². The van der Waals surface area contributed by atoms with Crippen molar-refractivity contribution in [2.24, 2.45) is 0 Å². The molecule has 0 radical (unpaired) electrons. The molecule has 0 bridgehead atoms. The number of rotatable bonds is 7. The van der Waals surface area contributed by atoms with Gasteiger partial charge in [-0.25, -0.2) is 0 Å². The van der Waals surface area contributed by atoms with Gasteiger partial charge in [0.25, 0.3) is 11.6 Å². The van der Waals surface area contributed by atoms with Crippen LogP contribution in [0.3, 0.4) is 0 Å². The minimum atomic E-state index is -0.458. The summed E-state index contributed by atoms with van der Waals surface area (Å²) in [5.41, 5.74) is 0.697. The smallest absolute Gasteiger partial charge is 0.293 e. The minimum absolute atomic E-state index is 0.00856. The maximum Gasteiger partial charge on any atom is 0.293 e. The van der Waals surface area contributed by atoms with Gasteiger partial charge in [-0.2, -0.15) is 0 Å². The van der Waals surface area contributed by atoms with Gasteiger partial charge < -0.3 is 15.1 Å². The van der Waals surface area contributed by atoms with Crippen LogP contribution in [0.4, 0.5) is 11.4 Å². The Kier molecular flexibility index (Phi) is 6.94. The minimum Gasteiger partial charge on any atom is -0.362 e. The second-order valence-corrected chi connectivity index (χ2v) is 6.42. The van der Waals surface area contributed by atoms with E-state index in [1.165, 1.54) is 13.0 Å². The molecule has 1 fully saturated rings. The summed E-state index contributed by atoms with van der Waals surface area (Å²) >= 11 is 0. The van der Waals surface area contributed by atoms with Crippen LogP contribution in [0.5, 0.6) is 0 Å². The molecule has 1 saturated heterocycles. The molecular weight excluding hydrogens is 336 g/mol. The molecule has 0 aromatic heterocycles. The average molecular weight is 362 g/mol. The van der Waals surface area contributed by atoms with E-state index in [4.69, 9.17) is 0 Å². The van der Waals surface area contributed by atoms with Crippen molar-refractivity contribution in [1.82, 2.24) is 10.2 Å². The predicted molar refractivity (Wildman–Crippen MR) is 99.4 cm³/mol. The van der Waals surface area contributed by atoms with Crippen LogP contribution in [-0.2, 0) is 4.79 Å². The number of hydrogen-bond acceptors (Lipinski definition) is 5. The maximum atomic E-state index is 12.2. The molecule has 1 heterocycles. The molecule has 1 aromatic carbocycles. The Balaban J connectivity index is 2.10. The number of anilines is 1. The molecule has 1 N–H and O–H groups in total. The number of carbonyl (C=O) groups excluding carboxylic acids is 2. The van der Waals surface area contributed by atoms with Gasteiger partial charge in [-0.3, -0.25) is 19.7 Å². The van der Waals surface area contributed by atoms with Crippen LogP contribution in [0.25, 0.3) is 0 Å². The largest absolute Gasteiger partial charge is 0.362 e. The molecule has 0 saturated carbocycles. The fourth-order valence-electron chi connectivity index (χ4n) is 3.02. The van der Waals surface area contributed by atoms with Crippen LogP contribution in [0, 0.1) is 10.1 Å². The van der Waals surface area contributed by atoms with E-state index in [0.717, 1.165) is 19.3 Å². The molecule has 0 atom stereocenters. The summed E-state index contributed by atoms with van der Waals surface area (Å²) in [6.45, 7) is 6.30. The molecule has 2 amide bonds. The van der Waals surface area contributed by atoms with Crippen LogP contribution in [0.15, 0.2) is 18.2 Å². The lowest BCUT2D eigenvalue weighted by molar-refractivity contribution is -0.384. The number of nitro benzene ring substituents is 1. The highest BCUT2D eigenvalue weighted by Gasteiger charge is 2.25. The number of nitro groups is 1. The number of nitrogens with zero attached hydrogens (tertiary/aromatic N) is 3. The molecule has 1 aliphatic heterocycles. The van der Waals surface area contributed by atoms with Crippen LogP contribution >= 0.6 is 0 Å². The molecule has 142 valence electrons. The number of unbranched alkanes of at least 4 members (excludes halogenated alkanes) is 2. The third-order valence-electron chi connectivity index (χ3n) is 4.57. The first-order valence-electron chi connectivity index (χ1n) is 9.01. The zero-order valence-electron chi connectivity index (χ0n) is 15.4. The lowest BCUT2D eigenvalue weighted by atomic mass is 10.1. The van der Waals surface area contributed by atoms with Gasteiger partial charge in [-0.05, 0) is 18.6 Å². The van der Waals surface area contributed by atoms with Crippen LogP contribution in [0.1, 0.15) is 43.5 Å². The lowest BCUT2D eigenvalue weighted by Crippen LogP contribution is -2.48. The first kappa shape index (κ1) is 19.7. The van der Waals surface area contributed by atoms with E-state index in [9.17, 15) is 19.7 Å². The third kappa shape index (κ3) is 4.93. The first-order chi connectivity index (χ1) is 12.4. The first-order valence-corrected chi connectivity index (χ1v) is 9.01. The van der Waals surface area contributed by atoms with E-state index < -0.39 is 4.92 Å². The van der Waals surface area contributed by atoms with Gasteiger partial charge in [0.15, 0.2) is 0 Å². The van der Waals surface area contributed by atoms with Gasteiger partial charge in [0.05, 0.1) is 4.92 Å². The summed E-state index contributed by atoms with van der Waals surface area (Å²) in [5, 5.41) is 14.3. The number of benzene rings is 1. The standard InChI is InChI=1S/C18H26N4O4/c1-3-4-5-8-19-18(24)15-6-7-16(17(13-15)22(25)26)21-11-9-20(10-12-21)14(2)23/h6-7,13H,3-5,8-12H2,1-2H3,(H,19,24). The molecule has 0 aliphatic carbocycles. The highest BCUT2D eigenvalue weighted by molar-refractivity contribution is 5.95. The van der Waals surface area contributed by atoms with Crippen molar-refractivity contribution in [3.63, 3.8) is 0 Å². The second kappa shape index (κ2) is 9.17. The predicted octanol–water partition coefficient (Wildman–Crippen LogP) is 2.18. The molecule has 2 rings (SSSR count). The van der Waals surface area contributed by atoms with Gasteiger partial charge in [-0.1, -0.05) is 19.8 Å². The van der Waals surface area contributed by atoms with Crippen LogP contribution in [-0.4, -0.2) is 54.4 Å². The fourth-order valence-corrected chi connectivity index (χ4v) is 3.02. The molecular formula is C18H26N4O4. The number of hydrogen-bond donors (Lipinski definition) is 1. The molecule has 1 aromatic rings. The van der Waals surface area contributed by atoms with Crippen molar-refractivity contribution in [1.29, 1.82) is 0 Å². The summed E-state index contributed by atoms with van der Waals surface area (Å²) in [5.74, 6) is -0.286. The number of amides is 2. The summed E-state index contributed by atoms with van der Waals surface area (Å²) in [4.78, 5) is 38.3. The molecule has 8 nitrogen and oxygen atoms in total. The zero-order chi connectivity index (χ0) is 19.1. The van der Waals surface area contributed by atoms with E-state index in [0.29, 0.717) is 44.0 Å². The summed E-state index contributed by atoms with van der Waals surface area (Å²) in [6.07, 6.45) is 2.99. The Labute approximate surface area is 153 Å². The fraction of sp³-hybridized carbons (Fsp3) is 0.556. The highest BCUT2D eigenvalue weighted by Crippen LogP contribution is 2.30. The van der Waals surface area contributed by atoms with E-state index >= 15 is 0 Å². The van der Waals surface area contributed by atoms with E-state index in [1.54, 1.807) is 17.0 Å². The molecule has 1 aliphatic rings. The number of piperazine rings is 1. The van der Waals surface area contributed by atoms with Crippen molar-refractivity contribution < 1.29 is 14.5 Å². The normalized spacial score (nSPS) is 14.2. The second-order valence-electron chi connectivity index (χ2n) is 6.42. The number of carbonyl (C=O) groups is 2. The van der Waals surface area contributed by atoms with Crippen molar-refractivity contribution >= 4 is 23.2 Å². The van der Waals surface area contributed by atoms with Crippen LogP contribution in [0.2, 0.25) is 0 Å².